The number of thioether (sulfide) groups is 2. The molecule has 0 aromatic carbocycles. The van der Waals surface area contributed by atoms with Crippen LogP contribution in [-0.2, 0) is 0 Å². The third-order valence-corrected chi connectivity index (χ3v) is 5.59. The van der Waals surface area contributed by atoms with Crippen molar-refractivity contribution in [1.29, 1.82) is 0 Å². The molecule has 0 radical (unpaired) electrons. The quantitative estimate of drug-likeness (QED) is 0.751. The monoisotopic (exact) mass is 203 g/mol. The summed E-state index contributed by atoms with van der Waals surface area (Å²) in [5, 5.41) is 4.39. The van der Waals surface area contributed by atoms with Crippen LogP contribution in [0, 0.1) is 5.92 Å². The Morgan fingerprint density at radius 1 is 1.33 bits per heavy atom. The van der Waals surface area contributed by atoms with Crippen LogP contribution < -0.4 is 5.32 Å². The summed E-state index contributed by atoms with van der Waals surface area (Å²) in [4.78, 5) is 0. The van der Waals surface area contributed by atoms with Crippen molar-refractivity contribution in [3.8, 4) is 0 Å². The molecule has 12 heavy (non-hydrogen) atoms. The van der Waals surface area contributed by atoms with Gasteiger partial charge in [-0.25, -0.2) is 0 Å². The maximum atomic E-state index is 3.50. The van der Waals surface area contributed by atoms with E-state index in [1.807, 2.05) is 0 Å². The van der Waals surface area contributed by atoms with E-state index >= 15 is 0 Å². The lowest BCUT2D eigenvalue weighted by atomic mass is 10.1. The Bertz CT molecular complexity index is 141. The predicted molar refractivity (Wildman–Crippen MR) is 59.1 cm³/mol. The molecular weight excluding hydrogens is 186 g/mol. The summed E-state index contributed by atoms with van der Waals surface area (Å²) in [5.74, 6) is 5.10. The number of hydrogen-bond acceptors (Lipinski definition) is 3. The molecular formula is C9H17NS2. The van der Waals surface area contributed by atoms with E-state index in [0.717, 1.165) is 17.2 Å². The third kappa shape index (κ3) is 2.12. The van der Waals surface area contributed by atoms with Gasteiger partial charge in [0.25, 0.3) is 0 Å². The summed E-state index contributed by atoms with van der Waals surface area (Å²) in [6.45, 7) is 0. The van der Waals surface area contributed by atoms with Crippen LogP contribution in [0.3, 0.4) is 0 Å². The highest BCUT2D eigenvalue weighted by molar-refractivity contribution is 8.06. The van der Waals surface area contributed by atoms with Crippen molar-refractivity contribution in [3.05, 3.63) is 0 Å². The van der Waals surface area contributed by atoms with E-state index in [2.05, 4.69) is 35.9 Å². The Kier molecular flexibility index (Phi) is 3.27. The van der Waals surface area contributed by atoms with E-state index < -0.39 is 0 Å². The molecule has 0 aromatic rings. The summed E-state index contributed by atoms with van der Waals surface area (Å²) in [6.07, 6.45) is 2.93. The molecule has 0 amide bonds. The molecule has 1 aliphatic heterocycles. The zero-order valence-electron chi connectivity index (χ0n) is 7.58. The van der Waals surface area contributed by atoms with Crippen molar-refractivity contribution in [3.63, 3.8) is 0 Å². The molecule has 1 saturated carbocycles. The van der Waals surface area contributed by atoms with E-state index in [1.54, 1.807) is 0 Å². The highest BCUT2D eigenvalue weighted by atomic mass is 32.2. The van der Waals surface area contributed by atoms with Crippen molar-refractivity contribution in [2.75, 3.05) is 24.3 Å². The zero-order valence-corrected chi connectivity index (χ0v) is 9.22. The molecule has 2 unspecified atom stereocenters. The van der Waals surface area contributed by atoms with Crippen LogP contribution in [0.1, 0.15) is 12.8 Å². The molecule has 1 nitrogen and oxygen atoms in total. The smallest absolute Gasteiger partial charge is 0.0294 e. The standard InChI is InChI=1S/C9H17NS2/c1-10-9(7-2-3-7)8-6-11-4-5-12-8/h7-10H,2-6H2,1H3. The molecule has 0 aromatic heterocycles. The SMILES string of the molecule is CNC(C1CC1)C1CSCCS1. The number of nitrogens with one attached hydrogen (secondary N) is 1. The molecule has 1 N–H and O–H groups in total. The number of rotatable bonds is 3. The molecule has 1 aliphatic carbocycles. The van der Waals surface area contributed by atoms with Gasteiger partial charge >= 0.3 is 0 Å². The van der Waals surface area contributed by atoms with Crippen LogP contribution in [0.4, 0.5) is 0 Å². The van der Waals surface area contributed by atoms with Crippen molar-refractivity contribution < 1.29 is 0 Å². The molecule has 2 atom stereocenters. The molecule has 1 heterocycles. The van der Waals surface area contributed by atoms with E-state index in [-0.39, 0.29) is 0 Å². The molecule has 2 rings (SSSR count). The molecule has 0 bridgehead atoms. The van der Waals surface area contributed by atoms with Gasteiger partial charge in [-0.3, -0.25) is 0 Å². The first kappa shape index (κ1) is 9.22. The highest BCUT2D eigenvalue weighted by Gasteiger charge is 2.36. The highest BCUT2D eigenvalue weighted by Crippen LogP contribution is 2.39. The maximum Gasteiger partial charge on any atom is 0.0294 e. The summed E-state index contributed by atoms with van der Waals surface area (Å²) < 4.78 is 0. The minimum absolute atomic E-state index is 0.808. The molecule has 3 heteroatoms. The Morgan fingerprint density at radius 2 is 2.17 bits per heavy atom. The van der Waals surface area contributed by atoms with Gasteiger partial charge in [-0.05, 0) is 25.8 Å². The summed E-state index contributed by atoms with van der Waals surface area (Å²) >= 11 is 4.31. The minimum Gasteiger partial charge on any atom is -0.316 e. The van der Waals surface area contributed by atoms with Gasteiger partial charge in [0.1, 0.15) is 0 Å². The lowest BCUT2D eigenvalue weighted by molar-refractivity contribution is 0.502. The summed E-state index contributed by atoms with van der Waals surface area (Å²) in [5.41, 5.74) is 0. The summed E-state index contributed by atoms with van der Waals surface area (Å²) in [6, 6.07) is 0.808. The van der Waals surface area contributed by atoms with E-state index in [9.17, 15) is 0 Å². The van der Waals surface area contributed by atoms with Gasteiger partial charge in [0.15, 0.2) is 0 Å². The first-order valence-electron chi connectivity index (χ1n) is 4.78. The summed E-state index contributed by atoms with van der Waals surface area (Å²) in [7, 11) is 2.13. The molecule has 2 fully saturated rings. The molecule has 70 valence electrons. The topological polar surface area (TPSA) is 12.0 Å². The maximum absolute atomic E-state index is 3.50. The van der Waals surface area contributed by atoms with Crippen molar-refractivity contribution in [1.82, 2.24) is 5.32 Å². The lowest BCUT2D eigenvalue weighted by Crippen LogP contribution is -2.40. The minimum atomic E-state index is 0.808. The lowest BCUT2D eigenvalue weighted by Gasteiger charge is -2.29. The van der Waals surface area contributed by atoms with Gasteiger partial charge in [0, 0.05) is 28.6 Å². The second-order valence-electron chi connectivity index (χ2n) is 3.64. The van der Waals surface area contributed by atoms with Crippen molar-refractivity contribution in [2.24, 2.45) is 5.92 Å². The normalized spacial score (nSPS) is 33.2. The Labute approximate surface area is 83.4 Å². The largest absolute Gasteiger partial charge is 0.316 e. The molecule has 2 aliphatic rings. The van der Waals surface area contributed by atoms with Crippen LogP contribution in [0.15, 0.2) is 0 Å². The Balaban J connectivity index is 1.85. The fourth-order valence-electron chi connectivity index (χ4n) is 1.89. The average molecular weight is 203 g/mol. The average Bonchev–Trinajstić information content (AvgIpc) is 2.92. The van der Waals surface area contributed by atoms with E-state index in [0.29, 0.717) is 0 Å². The van der Waals surface area contributed by atoms with Gasteiger partial charge in [-0.2, -0.15) is 23.5 Å². The zero-order chi connectivity index (χ0) is 8.39. The van der Waals surface area contributed by atoms with E-state index in [1.165, 1.54) is 30.1 Å². The Morgan fingerprint density at radius 3 is 2.67 bits per heavy atom. The third-order valence-electron chi connectivity index (χ3n) is 2.71. The molecule has 1 saturated heterocycles. The first-order valence-corrected chi connectivity index (χ1v) is 6.99. The van der Waals surface area contributed by atoms with Crippen LogP contribution in [0.2, 0.25) is 0 Å². The van der Waals surface area contributed by atoms with Crippen molar-refractivity contribution in [2.45, 2.75) is 24.1 Å². The number of hydrogen-bond donors (Lipinski definition) is 1. The van der Waals surface area contributed by atoms with Gasteiger partial charge in [-0.15, -0.1) is 0 Å². The Hall–Kier alpha value is 0.660. The van der Waals surface area contributed by atoms with Gasteiger partial charge in [0.05, 0.1) is 0 Å². The van der Waals surface area contributed by atoms with Crippen LogP contribution in [0.5, 0.6) is 0 Å². The fraction of sp³-hybridized carbons (Fsp3) is 1.00. The first-order chi connectivity index (χ1) is 5.92. The van der Waals surface area contributed by atoms with Crippen LogP contribution in [0.25, 0.3) is 0 Å². The van der Waals surface area contributed by atoms with Crippen LogP contribution >= 0.6 is 23.5 Å². The van der Waals surface area contributed by atoms with Gasteiger partial charge in [-0.1, -0.05) is 0 Å². The molecule has 0 spiro atoms. The predicted octanol–water partition coefficient (Wildman–Crippen LogP) is 1.83. The second-order valence-corrected chi connectivity index (χ2v) is 6.13. The second kappa shape index (κ2) is 4.25. The van der Waals surface area contributed by atoms with Gasteiger partial charge in [0.2, 0.25) is 0 Å². The van der Waals surface area contributed by atoms with Gasteiger partial charge < -0.3 is 5.32 Å². The fourth-order valence-corrected chi connectivity index (χ4v) is 4.90. The van der Waals surface area contributed by atoms with E-state index in [4.69, 9.17) is 0 Å². The van der Waals surface area contributed by atoms with Crippen molar-refractivity contribution >= 4 is 23.5 Å². The van der Waals surface area contributed by atoms with Crippen LogP contribution in [-0.4, -0.2) is 35.6 Å².